The third kappa shape index (κ3) is 2.29. The molecule has 0 aliphatic heterocycles. The van der Waals surface area contributed by atoms with Crippen molar-refractivity contribution in [2.24, 2.45) is 5.73 Å². The molecule has 2 aromatic rings. The van der Waals surface area contributed by atoms with E-state index >= 15 is 0 Å². The lowest BCUT2D eigenvalue weighted by molar-refractivity contribution is 0.844. The van der Waals surface area contributed by atoms with Gasteiger partial charge in [0.05, 0.1) is 29.7 Å². The van der Waals surface area contributed by atoms with Gasteiger partial charge in [-0.1, -0.05) is 23.2 Å². The first-order chi connectivity index (χ1) is 7.18. The zero-order chi connectivity index (χ0) is 10.8. The molecular formula is C9H7Cl2N3S. The molecule has 2 rings (SSSR count). The van der Waals surface area contributed by atoms with E-state index in [0.29, 0.717) is 15.7 Å². The van der Waals surface area contributed by atoms with Crippen LogP contribution in [-0.2, 0) is 0 Å². The second-order valence-electron chi connectivity index (χ2n) is 2.98. The van der Waals surface area contributed by atoms with E-state index in [-0.39, 0.29) is 6.04 Å². The lowest BCUT2D eigenvalue weighted by atomic mass is 10.1. The van der Waals surface area contributed by atoms with Crippen LogP contribution in [0, 0.1) is 0 Å². The molecule has 6 heteroatoms. The zero-order valence-electron chi connectivity index (χ0n) is 7.52. The van der Waals surface area contributed by atoms with Gasteiger partial charge in [0.15, 0.2) is 0 Å². The summed E-state index contributed by atoms with van der Waals surface area (Å²) in [4.78, 5) is 0. The van der Waals surface area contributed by atoms with Gasteiger partial charge in [-0.2, -0.15) is 8.75 Å². The summed E-state index contributed by atoms with van der Waals surface area (Å²) in [5.41, 5.74) is 7.45. The number of benzene rings is 1. The van der Waals surface area contributed by atoms with Crippen LogP contribution in [-0.4, -0.2) is 8.75 Å². The molecule has 0 amide bonds. The summed E-state index contributed by atoms with van der Waals surface area (Å²) >= 11 is 13.0. The normalized spacial score (nSPS) is 12.7. The molecule has 0 radical (unpaired) electrons. The predicted molar refractivity (Wildman–Crippen MR) is 62.4 cm³/mol. The molecule has 1 aromatic heterocycles. The van der Waals surface area contributed by atoms with Crippen molar-refractivity contribution in [2.45, 2.75) is 6.04 Å². The Morgan fingerprint density at radius 1 is 1.33 bits per heavy atom. The fourth-order valence-electron chi connectivity index (χ4n) is 1.22. The minimum Gasteiger partial charge on any atom is -0.319 e. The summed E-state index contributed by atoms with van der Waals surface area (Å²) in [5, 5.41) is 1.19. The second-order valence-corrected chi connectivity index (χ2v) is 4.38. The molecule has 1 heterocycles. The molecule has 0 bridgehead atoms. The van der Waals surface area contributed by atoms with Crippen LogP contribution in [0.1, 0.15) is 17.3 Å². The number of nitrogens with two attached hydrogens (primary N) is 1. The molecule has 3 nitrogen and oxygen atoms in total. The quantitative estimate of drug-likeness (QED) is 0.903. The maximum Gasteiger partial charge on any atom is 0.0956 e. The van der Waals surface area contributed by atoms with Gasteiger partial charge < -0.3 is 5.73 Å². The average Bonchev–Trinajstić information content (AvgIpc) is 2.74. The predicted octanol–water partition coefficient (Wildman–Crippen LogP) is 2.89. The monoisotopic (exact) mass is 259 g/mol. The molecule has 15 heavy (non-hydrogen) atoms. The Morgan fingerprint density at radius 3 is 2.80 bits per heavy atom. The SMILES string of the molecule is NC(c1cnsn1)c1cc(Cl)ccc1Cl. The summed E-state index contributed by atoms with van der Waals surface area (Å²) in [6.07, 6.45) is 1.63. The van der Waals surface area contributed by atoms with Crippen molar-refractivity contribution < 1.29 is 0 Å². The molecule has 0 spiro atoms. The Hall–Kier alpha value is -0.680. The smallest absolute Gasteiger partial charge is 0.0956 e. The fourth-order valence-corrected chi connectivity index (χ4v) is 2.09. The molecule has 0 fully saturated rings. The van der Waals surface area contributed by atoms with Gasteiger partial charge in [-0.3, -0.25) is 0 Å². The average molecular weight is 260 g/mol. The van der Waals surface area contributed by atoms with Gasteiger partial charge in [0.25, 0.3) is 0 Å². The molecule has 0 saturated carbocycles. The van der Waals surface area contributed by atoms with E-state index in [4.69, 9.17) is 28.9 Å². The van der Waals surface area contributed by atoms with Crippen LogP contribution in [0.15, 0.2) is 24.4 Å². The largest absolute Gasteiger partial charge is 0.319 e. The van der Waals surface area contributed by atoms with Gasteiger partial charge in [0.1, 0.15) is 0 Å². The lowest BCUT2D eigenvalue weighted by Gasteiger charge is -2.10. The first kappa shape index (κ1) is 10.8. The van der Waals surface area contributed by atoms with Crippen LogP contribution >= 0.6 is 34.9 Å². The van der Waals surface area contributed by atoms with Crippen molar-refractivity contribution in [1.82, 2.24) is 8.75 Å². The van der Waals surface area contributed by atoms with Gasteiger partial charge in [0, 0.05) is 10.0 Å². The number of hydrogen-bond acceptors (Lipinski definition) is 4. The van der Waals surface area contributed by atoms with Crippen LogP contribution in [0.5, 0.6) is 0 Å². The van der Waals surface area contributed by atoms with Crippen LogP contribution in [0.2, 0.25) is 10.0 Å². The van der Waals surface area contributed by atoms with Gasteiger partial charge in [0.2, 0.25) is 0 Å². The van der Waals surface area contributed by atoms with Crippen LogP contribution in [0.3, 0.4) is 0 Å². The summed E-state index contributed by atoms with van der Waals surface area (Å²) in [6, 6.07) is 4.81. The first-order valence-electron chi connectivity index (χ1n) is 4.16. The third-order valence-corrected chi connectivity index (χ3v) is 3.06. The van der Waals surface area contributed by atoms with Gasteiger partial charge in [-0.15, -0.1) is 0 Å². The van der Waals surface area contributed by atoms with Crippen LogP contribution in [0.25, 0.3) is 0 Å². The summed E-state index contributed by atoms with van der Waals surface area (Å²) in [6.45, 7) is 0. The third-order valence-electron chi connectivity index (χ3n) is 1.99. The van der Waals surface area contributed by atoms with Crippen LogP contribution in [0.4, 0.5) is 0 Å². The van der Waals surface area contributed by atoms with Crippen molar-refractivity contribution in [3.63, 3.8) is 0 Å². The Labute approximate surface area is 101 Å². The molecule has 2 N–H and O–H groups in total. The molecular weight excluding hydrogens is 253 g/mol. The zero-order valence-corrected chi connectivity index (χ0v) is 9.85. The summed E-state index contributed by atoms with van der Waals surface area (Å²) < 4.78 is 7.96. The molecule has 0 aliphatic carbocycles. The van der Waals surface area contributed by atoms with E-state index in [1.54, 1.807) is 24.4 Å². The highest BCUT2D eigenvalue weighted by Gasteiger charge is 2.15. The Kier molecular flexibility index (Phi) is 3.21. The maximum absolute atomic E-state index is 6.02. The van der Waals surface area contributed by atoms with E-state index in [0.717, 1.165) is 17.3 Å². The number of nitrogens with zero attached hydrogens (tertiary/aromatic N) is 2. The summed E-state index contributed by atoms with van der Waals surface area (Å²) in [7, 11) is 0. The molecule has 1 atom stereocenters. The Morgan fingerprint density at radius 2 is 2.13 bits per heavy atom. The lowest BCUT2D eigenvalue weighted by Crippen LogP contribution is -2.12. The minimum atomic E-state index is -0.380. The number of halogens is 2. The van der Waals surface area contributed by atoms with E-state index in [9.17, 15) is 0 Å². The fraction of sp³-hybridized carbons (Fsp3) is 0.111. The molecule has 1 aromatic carbocycles. The highest BCUT2D eigenvalue weighted by Crippen LogP contribution is 2.28. The molecule has 78 valence electrons. The number of hydrogen-bond donors (Lipinski definition) is 1. The van der Waals surface area contributed by atoms with Gasteiger partial charge in [-0.05, 0) is 23.8 Å². The minimum absolute atomic E-state index is 0.380. The number of aromatic nitrogens is 2. The molecule has 1 unspecified atom stereocenters. The Bertz CT molecular complexity index is 458. The number of rotatable bonds is 2. The van der Waals surface area contributed by atoms with Gasteiger partial charge in [-0.25, -0.2) is 0 Å². The van der Waals surface area contributed by atoms with Crippen molar-refractivity contribution in [3.05, 3.63) is 45.7 Å². The highest BCUT2D eigenvalue weighted by molar-refractivity contribution is 6.99. The van der Waals surface area contributed by atoms with Crippen molar-refractivity contribution >= 4 is 34.9 Å². The standard InChI is InChI=1S/C9H7Cl2N3S/c10-5-1-2-7(11)6(3-5)9(12)8-4-13-15-14-8/h1-4,9H,12H2. The van der Waals surface area contributed by atoms with Crippen molar-refractivity contribution in [2.75, 3.05) is 0 Å². The van der Waals surface area contributed by atoms with Crippen molar-refractivity contribution in [3.8, 4) is 0 Å². The van der Waals surface area contributed by atoms with E-state index in [1.807, 2.05) is 0 Å². The Balaban J connectivity index is 2.41. The molecule has 0 aliphatic rings. The highest BCUT2D eigenvalue weighted by atomic mass is 35.5. The topological polar surface area (TPSA) is 51.8 Å². The van der Waals surface area contributed by atoms with E-state index in [1.165, 1.54) is 0 Å². The van der Waals surface area contributed by atoms with Gasteiger partial charge >= 0.3 is 0 Å². The van der Waals surface area contributed by atoms with Crippen LogP contribution < -0.4 is 5.73 Å². The second kappa shape index (κ2) is 4.45. The molecule has 0 saturated heterocycles. The van der Waals surface area contributed by atoms with Crippen molar-refractivity contribution in [1.29, 1.82) is 0 Å². The first-order valence-corrected chi connectivity index (χ1v) is 5.65. The van der Waals surface area contributed by atoms with E-state index < -0.39 is 0 Å². The van der Waals surface area contributed by atoms with E-state index in [2.05, 4.69) is 8.75 Å². The maximum atomic E-state index is 6.02. The summed E-state index contributed by atoms with van der Waals surface area (Å²) in [5.74, 6) is 0.